The van der Waals surface area contributed by atoms with Crippen LogP contribution in [0.1, 0.15) is 16.3 Å². The number of halogens is 2. The van der Waals surface area contributed by atoms with E-state index in [2.05, 4.69) is 37.2 Å². The first-order valence-corrected chi connectivity index (χ1v) is 6.74. The molecular weight excluding hydrogens is 364 g/mol. The molecular formula is C12H10Br2N2O2. The van der Waals surface area contributed by atoms with E-state index in [1.54, 1.807) is 18.2 Å². The van der Waals surface area contributed by atoms with Crippen molar-refractivity contribution in [1.82, 2.24) is 0 Å². The predicted octanol–water partition coefficient (Wildman–Crippen LogP) is 3.52. The highest BCUT2D eigenvalue weighted by atomic mass is 79.9. The van der Waals surface area contributed by atoms with E-state index >= 15 is 0 Å². The lowest BCUT2D eigenvalue weighted by Crippen LogP contribution is -2.11. The molecule has 0 fully saturated rings. The first kappa shape index (κ1) is 13.3. The van der Waals surface area contributed by atoms with Gasteiger partial charge in [0.2, 0.25) is 0 Å². The van der Waals surface area contributed by atoms with Gasteiger partial charge in [0.25, 0.3) is 5.91 Å². The van der Waals surface area contributed by atoms with Crippen LogP contribution in [0.2, 0.25) is 0 Å². The fraction of sp³-hybridized carbons (Fsp3) is 0.0833. The molecule has 0 unspecified atom stereocenters. The lowest BCUT2D eigenvalue weighted by molar-refractivity contribution is 0.0995. The fourth-order valence-corrected chi connectivity index (χ4v) is 2.53. The molecule has 1 aromatic heterocycles. The van der Waals surface area contributed by atoms with Gasteiger partial charge in [0, 0.05) is 8.95 Å². The number of carbonyl (C=O) groups is 1. The number of benzene rings is 1. The molecule has 0 bridgehead atoms. The zero-order valence-electron chi connectivity index (χ0n) is 9.24. The summed E-state index contributed by atoms with van der Waals surface area (Å²) in [4.78, 5) is 11.9. The van der Waals surface area contributed by atoms with Gasteiger partial charge in [0.15, 0.2) is 5.76 Å². The quantitative estimate of drug-likeness (QED) is 0.864. The van der Waals surface area contributed by atoms with Crippen molar-refractivity contribution in [2.24, 2.45) is 5.73 Å². The van der Waals surface area contributed by atoms with Crippen molar-refractivity contribution in [1.29, 1.82) is 0 Å². The second kappa shape index (κ2) is 5.69. The maximum absolute atomic E-state index is 11.9. The van der Waals surface area contributed by atoms with Gasteiger partial charge in [0.05, 0.1) is 12.2 Å². The third kappa shape index (κ3) is 3.01. The maximum atomic E-state index is 11.9. The molecule has 0 saturated carbocycles. The molecule has 1 amide bonds. The number of hydrogen-bond donors (Lipinski definition) is 2. The minimum Gasteiger partial charge on any atom is -0.455 e. The van der Waals surface area contributed by atoms with E-state index in [1.807, 2.05) is 12.1 Å². The highest BCUT2D eigenvalue weighted by Crippen LogP contribution is 2.26. The summed E-state index contributed by atoms with van der Waals surface area (Å²) in [5.41, 5.74) is 6.09. The summed E-state index contributed by atoms with van der Waals surface area (Å²) in [6, 6.07) is 8.77. The van der Waals surface area contributed by atoms with Gasteiger partial charge in [-0.25, -0.2) is 0 Å². The normalized spacial score (nSPS) is 10.4. The molecule has 2 aromatic rings. The second-order valence-corrected chi connectivity index (χ2v) is 5.32. The van der Waals surface area contributed by atoms with Crippen LogP contribution in [0.4, 0.5) is 5.69 Å². The van der Waals surface area contributed by atoms with Crippen LogP contribution in [0.5, 0.6) is 0 Å². The lowest BCUT2D eigenvalue weighted by atomic mass is 10.3. The van der Waals surface area contributed by atoms with Gasteiger partial charge in [-0.1, -0.05) is 15.9 Å². The number of hydrogen-bond acceptors (Lipinski definition) is 3. The molecule has 0 aliphatic carbocycles. The van der Waals surface area contributed by atoms with Gasteiger partial charge in [-0.05, 0) is 46.3 Å². The van der Waals surface area contributed by atoms with Gasteiger partial charge in [0.1, 0.15) is 5.76 Å². The van der Waals surface area contributed by atoms with Crippen LogP contribution >= 0.6 is 31.9 Å². The van der Waals surface area contributed by atoms with E-state index in [0.29, 0.717) is 11.4 Å². The Morgan fingerprint density at radius 1 is 1.28 bits per heavy atom. The third-order valence-corrected chi connectivity index (χ3v) is 3.42. The van der Waals surface area contributed by atoms with Crippen LogP contribution in [0, 0.1) is 0 Å². The van der Waals surface area contributed by atoms with E-state index in [0.717, 1.165) is 8.95 Å². The van der Waals surface area contributed by atoms with E-state index in [-0.39, 0.29) is 18.2 Å². The van der Waals surface area contributed by atoms with Crippen molar-refractivity contribution in [2.75, 3.05) is 5.32 Å². The summed E-state index contributed by atoms with van der Waals surface area (Å²) in [5.74, 6) is 0.512. The molecule has 0 saturated heterocycles. The fourth-order valence-electron chi connectivity index (χ4n) is 1.38. The van der Waals surface area contributed by atoms with E-state index in [4.69, 9.17) is 10.2 Å². The molecule has 0 aliphatic rings. The Hall–Kier alpha value is -1.11. The van der Waals surface area contributed by atoms with Gasteiger partial charge in [-0.3, -0.25) is 4.79 Å². The van der Waals surface area contributed by atoms with Crippen LogP contribution in [0.3, 0.4) is 0 Å². The van der Waals surface area contributed by atoms with Gasteiger partial charge >= 0.3 is 0 Å². The van der Waals surface area contributed by atoms with Gasteiger partial charge in [-0.2, -0.15) is 0 Å². The molecule has 2 rings (SSSR count). The number of rotatable bonds is 3. The minimum atomic E-state index is -0.308. The van der Waals surface area contributed by atoms with Crippen LogP contribution in [0.15, 0.2) is 43.7 Å². The van der Waals surface area contributed by atoms with Crippen molar-refractivity contribution in [3.63, 3.8) is 0 Å². The van der Waals surface area contributed by atoms with Crippen LogP contribution < -0.4 is 11.1 Å². The SMILES string of the molecule is NCc1ccc(C(=O)Nc2ccc(Br)cc2Br)o1. The van der Waals surface area contributed by atoms with Gasteiger partial charge in [-0.15, -0.1) is 0 Å². The maximum Gasteiger partial charge on any atom is 0.291 e. The average Bonchev–Trinajstić information content (AvgIpc) is 2.81. The summed E-state index contributed by atoms with van der Waals surface area (Å²) >= 11 is 6.72. The Morgan fingerprint density at radius 2 is 2.06 bits per heavy atom. The number of carbonyl (C=O) groups excluding carboxylic acids is 1. The summed E-state index contributed by atoms with van der Waals surface area (Å²) < 4.78 is 6.98. The van der Waals surface area contributed by atoms with Crippen molar-refractivity contribution in [2.45, 2.75) is 6.54 Å². The smallest absolute Gasteiger partial charge is 0.291 e. The standard InChI is InChI=1S/C12H10Br2N2O2/c13-7-1-3-10(9(14)5-7)16-12(17)11-4-2-8(6-15)18-11/h1-5H,6,15H2,(H,16,17). The Labute approximate surface area is 121 Å². The molecule has 6 heteroatoms. The molecule has 4 nitrogen and oxygen atoms in total. The van der Waals surface area contributed by atoms with Crippen molar-refractivity contribution in [3.05, 3.63) is 50.8 Å². The topological polar surface area (TPSA) is 68.3 Å². The molecule has 0 atom stereocenters. The average molecular weight is 374 g/mol. The van der Waals surface area contributed by atoms with Crippen molar-refractivity contribution in [3.8, 4) is 0 Å². The highest BCUT2D eigenvalue weighted by Gasteiger charge is 2.12. The summed E-state index contributed by atoms with van der Waals surface area (Å²) in [6.45, 7) is 0.273. The summed E-state index contributed by atoms with van der Waals surface area (Å²) in [6.07, 6.45) is 0. The van der Waals surface area contributed by atoms with Crippen LogP contribution in [0.25, 0.3) is 0 Å². The molecule has 0 aliphatic heterocycles. The monoisotopic (exact) mass is 372 g/mol. The molecule has 0 radical (unpaired) electrons. The number of nitrogens with one attached hydrogen (secondary N) is 1. The second-order valence-electron chi connectivity index (χ2n) is 3.55. The predicted molar refractivity (Wildman–Crippen MR) is 76.4 cm³/mol. The highest BCUT2D eigenvalue weighted by molar-refractivity contribution is 9.11. The number of furan rings is 1. The summed E-state index contributed by atoms with van der Waals surface area (Å²) in [5, 5.41) is 2.75. The largest absolute Gasteiger partial charge is 0.455 e. The van der Waals surface area contributed by atoms with Crippen LogP contribution in [-0.4, -0.2) is 5.91 Å². The zero-order chi connectivity index (χ0) is 13.1. The Morgan fingerprint density at radius 3 is 2.67 bits per heavy atom. The molecule has 1 heterocycles. The van der Waals surface area contributed by atoms with E-state index < -0.39 is 0 Å². The first-order chi connectivity index (χ1) is 8.60. The minimum absolute atomic E-state index is 0.241. The lowest BCUT2D eigenvalue weighted by Gasteiger charge is -2.06. The van der Waals surface area contributed by atoms with E-state index in [1.165, 1.54) is 0 Å². The summed E-state index contributed by atoms with van der Waals surface area (Å²) in [7, 11) is 0. The zero-order valence-corrected chi connectivity index (χ0v) is 12.4. The van der Waals surface area contributed by atoms with Crippen molar-refractivity contribution < 1.29 is 9.21 Å². The number of nitrogens with two attached hydrogens (primary N) is 1. The Balaban J connectivity index is 2.16. The molecule has 3 N–H and O–H groups in total. The molecule has 1 aromatic carbocycles. The van der Waals surface area contributed by atoms with E-state index in [9.17, 15) is 4.79 Å². The Bertz CT molecular complexity index is 581. The molecule has 18 heavy (non-hydrogen) atoms. The van der Waals surface area contributed by atoms with Crippen LogP contribution in [-0.2, 0) is 6.54 Å². The molecule has 94 valence electrons. The first-order valence-electron chi connectivity index (χ1n) is 5.15. The third-order valence-electron chi connectivity index (χ3n) is 2.27. The number of amides is 1. The van der Waals surface area contributed by atoms with Crippen molar-refractivity contribution >= 4 is 43.5 Å². The van der Waals surface area contributed by atoms with Gasteiger partial charge < -0.3 is 15.5 Å². The number of anilines is 1. The Kier molecular flexibility index (Phi) is 4.21. The molecule has 0 spiro atoms.